The standard InChI is InChI=1S/C25H19ClFNS/c26-21-16-22(27)23(28)17-24(21)29-25(18-10-4-1-5-11-18,19-12-6-2-7-13-19)20-14-8-3-9-15-20/h1-17H,28H2. The predicted octanol–water partition coefficient (Wildman–Crippen LogP) is 7.15. The van der Waals surface area contributed by atoms with Crippen LogP contribution in [0.3, 0.4) is 0 Å². The average Bonchev–Trinajstić information content (AvgIpc) is 2.77. The van der Waals surface area contributed by atoms with Gasteiger partial charge in [-0.15, -0.1) is 11.8 Å². The minimum absolute atomic E-state index is 0.0833. The Balaban J connectivity index is 2.02. The van der Waals surface area contributed by atoms with E-state index in [9.17, 15) is 4.39 Å². The van der Waals surface area contributed by atoms with Crippen LogP contribution in [0.4, 0.5) is 10.1 Å². The van der Waals surface area contributed by atoms with Crippen molar-refractivity contribution < 1.29 is 4.39 Å². The minimum atomic E-state index is -0.586. The molecule has 0 bridgehead atoms. The van der Waals surface area contributed by atoms with E-state index in [4.69, 9.17) is 17.3 Å². The first-order valence-corrected chi connectivity index (χ1v) is 10.4. The lowest BCUT2D eigenvalue weighted by atomic mass is 9.84. The van der Waals surface area contributed by atoms with Crippen molar-refractivity contribution in [1.29, 1.82) is 0 Å². The summed E-state index contributed by atoms with van der Waals surface area (Å²) in [5.41, 5.74) is 9.26. The summed E-state index contributed by atoms with van der Waals surface area (Å²) in [6, 6.07) is 33.7. The van der Waals surface area contributed by atoms with Crippen LogP contribution in [0.25, 0.3) is 0 Å². The number of anilines is 1. The van der Waals surface area contributed by atoms with Crippen molar-refractivity contribution in [3.8, 4) is 0 Å². The first-order valence-electron chi connectivity index (χ1n) is 9.21. The van der Waals surface area contributed by atoms with Crippen molar-refractivity contribution in [3.05, 3.63) is 131 Å². The lowest BCUT2D eigenvalue weighted by Crippen LogP contribution is -2.25. The highest BCUT2D eigenvalue weighted by molar-refractivity contribution is 8.00. The molecule has 0 aromatic heterocycles. The minimum Gasteiger partial charge on any atom is -0.396 e. The highest BCUT2D eigenvalue weighted by Gasteiger charge is 2.38. The maximum absolute atomic E-state index is 13.9. The Morgan fingerprint density at radius 3 is 1.52 bits per heavy atom. The van der Waals surface area contributed by atoms with Gasteiger partial charge in [-0.3, -0.25) is 0 Å². The van der Waals surface area contributed by atoms with Crippen molar-refractivity contribution in [2.75, 3.05) is 5.73 Å². The molecule has 1 nitrogen and oxygen atoms in total. The molecule has 0 fully saturated rings. The van der Waals surface area contributed by atoms with Gasteiger partial charge in [-0.25, -0.2) is 4.39 Å². The fourth-order valence-corrected chi connectivity index (χ4v) is 5.18. The highest BCUT2D eigenvalue weighted by atomic mass is 35.5. The third-order valence-electron chi connectivity index (χ3n) is 4.86. The van der Waals surface area contributed by atoms with Crippen LogP contribution in [0.2, 0.25) is 5.02 Å². The molecule has 0 unspecified atom stereocenters. The molecule has 29 heavy (non-hydrogen) atoms. The Morgan fingerprint density at radius 2 is 1.10 bits per heavy atom. The third kappa shape index (κ3) is 3.76. The predicted molar refractivity (Wildman–Crippen MR) is 121 cm³/mol. The first kappa shape index (κ1) is 19.6. The van der Waals surface area contributed by atoms with Gasteiger partial charge in [0.15, 0.2) is 0 Å². The maximum atomic E-state index is 13.9. The number of halogens is 2. The van der Waals surface area contributed by atoms with Crippen molar-refractivity contribution in [2.45, 2.75) is 9.64 Å². The SMILES string of the molecule is Nc1cc(SC(c2ccccc2)(c2ccccc2)c2ccccc2)c(Cl)cc1F. The van der Waals surface area contributed by atoms with E-state index in [1.54, 1.807) is 17.8 Å². The maximum Gasteiger partial charge on any atom is 0.147 e. The Hall–Kier alpha value is -2.75. The van der Waals surface area contributed by atoms with Crippen LogP contribution in [-0.4, -0.2) is 0 Å². The number of nitrogens with two attached hydrogens (primary N) is 1. The molecule has 0 aliphatic carbocycles. The summed E-state index contributed by atoms with van der Waals surface area (Å²) in [6.07, 6.45) is 0. The second kappa shape index (κ2) is 8.32. The van der Waals surface area contributed by atoms with Crippen LogP contribution in [0.5, 0.6) is 0 Å². The fourth-order valence-electron chi connectivity index (χ4n) is 3.48. The summed E-state index contributed by atoms with van der Waals surface area (Å²) in [5.74, 6) is -0.510. The van der Waals surface area contributed by atoms with Crippen LogP contribution < -0.4 is 5.73 Å². The second-order valence-electron chi connectivity index (χ2n) is 6.69. The van der Waals surface area contributed by atoms with Gasteiger partial charge in [0, 0.05) is 4.90 Å². The van der Waals surface area contributed by atoms with Gasteiger partial charge in [0.05, 0.1) is 15.5 Å². The summed E-state index contributed by atoms with van der Waals surface area (Å²) in [4.78, 5) is 0.724. The molecule has 0 amide bonds. The highest BCUT2D eigenvalue weighted by Crippen LogP contribution is 2.53. The zero-order valence-corrected chi connectivity index (χ0v) is 17.1. The molecule has 0 aliphatic rings. The van der Waals surface area contributed by atoms with Crippen LogP contribution in [0, 0.1) is 5.82 Å². The number of rotatable bonds is 5. The first-order chi connectivity index (χ1) is 14.1. The zero-order chi connectivity index (χ0) is 20.3. The van der Waals surface area contributed by atoms with E-state index in [-0.39, 0.29) is 5.69 Å². The number of benzene rings is 4. The van der Waals surface area contributed by atoms with Gasteiger partial charge in [0.1, 0.15) is 5.82 Å². The number of hydrogen-bond donors (Lipinski definition) is 1. The van der Waals surface area contributed by atoms with Gasteiger partial charge < -0.3 is 5.73 Å². The van der Waals surface area contributed by atoms with Crippen LogP contribution in [0.1, 0.15) is 16.7 Å². The lowest BCUT2D eigenvalue weighted by molar-refractivity contribution is 0.631. The normalized spacial score (nSPS) is 11.4. The van der Waals surface area contributed by atoms with Crippen molar-refractivity contribution >= 4 is 29.1 Å². The van der Waals surface area contributed by atoms with Gasteiger partial charge in [-0.2, -0.15) is 0 Å². The van der Waals surface area contributed by atoms with Crippen molar-refractivity contribution in [1.82, 2.24) is 0 Å². The molecule has 0 saturated heterocycles. The third-order valence-corrected chi connectivity index (χ3v) is 6.85. The molecular formula is C25H19ClFNS. The molecule has 0 aliphatic heterocycles. The summed E-state index contributed by atoms with van der Waals surface area (Å²) in [6.45, 7) is 0. The van der Waals surface area contributed by atoms with E-state index in [0.717, 1.165) is 21.6 Å². The van der Waals surface area contributed by atoms with E-state index in [0.29, 0.717) is 5.02 Å². The molecule has 0 radical (unpaired) electrons. The molecule has 0 spiro atoms. The van der Waals surface area contributed by atoms with E-state index < -0.39 is 10.6 Å². The number of thioether (sulfide) groups is 1. The smallest absolute Gasteiger partial charge is 0.147 e. The molecule has 144 valence electrons. The molecule has 2 N–H and O–H groups in total. The second-order valence-corrected chi connectivity index (χ2v) is 8.35. The molecule has 4 heteroatoms. The van der Waals surface area contributed by atoms with Crippen LogP contribution in [-0.2, 0) is 4.75 Å². The molecular weight excluding hydrogens is 401 g/mol. The average molecular weight is 420 g/mol. The van der Waals surface area contributed by atoms with Crippen LogP contribution >= 0.6 is 23.4 Å². The largest absolute Gasteiger partial charge is 0.396 e. The Morgan fingerprint density at radius 1 is 0.690 bits per heavy atom. The van der Waals surface area contributed by atoms with Crippen molar-refractivity contribution in [2.24, 2.45) is 0 Å². The molecule has 4 aromatic carbocycles. The number of nitrogen functional groups attached to an aromatic ring is 1. The molecule has 4 rings (SSSR count). The van der Waals surface area contributed by atoms with E-state index >= 15 is 0 Å². The topological polar surface area (TPSA) is 26.0 Å². The summed E-state index contributed by atoms with van der Waals surface area (Å²) in [7, 11) is 0. The van der Waals surface area contributed by atoms with E-state index in [2.05, 4.69) is 36.4 Å². The number of hydrogen-bond acceptors (Lipinski definition) is 2. The van der Waals surface area contributed by atoms with Gasteiger partial charge in [0.2, 0.25) is 0 Å². The van der Waals surface area contributed by atoms with E-state index in [1.807, 2.05) is 54.6 Å². The molecule has 0 saturated carbocycles. The lowest BCUT2D eigenvalue weighted by Gasteiger charge is -2.35. The fraction of sp³-hybridized carbons (Fsp3) is 0.0400. The Bertz CT molecular complexity index is 1010. The quantitative estimate of drug-likeness (QED) is 0.211. The van der Waals surface area contributed by atoms with Gasteiger partial charge >= 0.3 is 0 Å². The molecule has 0 heterocycles. The molecule has 0 atom stereocenters. The summed E-state index contributed by atoms with van der Waals surface area (Å²) < 4.78 is 13.4. The van der Waals surface area contributed by atoms with Gasteiger partial charge in [-0.05, 0) is 28.8 Å². The van der Waals surface area contributed by atoms with Gasteiger partial charge in [0.25, 0.3) is 0 Å². The van der Waals surface area contributed by atoms with Crippen LogP contribution in [0.15, 0.2) is 108 Å². The monoisotopic (exact) mass is 419 g/mol. The Labute approximate surface area is 179 Å². The van der Waals surface area contributed by atoms with Crippen molar-refractivity contribution in [3.63, 3.8) is 0 Å². The Kier molecular flexibility index (Phi) is 5.61. The zero-order valence-electron chi connectivity index (χ0n) is 15.6. The summed E-state index contributed by atoms with van der Waals surface area (Å²) in [5, 5.41) is 0.342. The summed E-state index contributed by atoms with van der Waals surface area (Å²) >= 11 is 8.02. The molecule has 4 aromatic rings. The van der Waals surface area contributed by atoms with E-state index in [1.165, 1.54) is 6.07 Å². The van der Waals surface area contributed by atoms with Gasteiger partial charge in [-0.1, -0.05) is 103 Å².